The van der Waals surface area contributed by atoms with Crippen LogP contribution in [0.1, 0.15) is 61.0 Å². The average molecular weight is 385 g/mol. The lowest BCUT2D eigenvalue weighted by molar-refractivity contribution is -0.246. The number of benzene rings is 1. The molecule has 0 aliphatic rings. The van der Waals surface area contributed by atoms with E-state index in [1.165, 1.54) is 0 Å². The van der Waals surface area contributed by atoms with Crippen LogP contribution in [0.5, 0.6) is 0 Å². The number of hydroxylamine groups is 2. The minimum atomic E-state index is -3.42. The predicted octanol–water partition coefficient (Wildman–Crippen LogP) is 5.86. The zero-order valence-electron chi connectivity index (χ0n) is 17.6. The Hall–Kier alpha value is -0.710. The summed E-state index contributed by atoms with van der Waals surface area (Å²) in [5, 5.41) is 1.81. The Balaban J connectivity index is 3.27. The largest absolute Gasteiger partial charge is 0.350 e. The van der Waals surface area contributed by atoms with Crippen molar-refractivity contribution in [3.05, 3.63) is 35.9 Å². The van der Waals surface area contributed by atoms with Crippen molar-refractivity contribution in [2.24, 2.45) is 5.41 Å². The molecule has 0 spiro atoms. The molecule has 1 atom stereocenters. The number of rotatable bonds is 9. The highest BCUT2D eigenvalue weighted by molar-refractivity contribution is 7.54. The molecule has 1 unspecified atom stereocenters. The van der Waals surface area contributed by atoms with Gasteiger partial charge in [-0.3, -0.25) is 9.40 Å². The van der Waals surface area contributed by atoms with Gasteiger partial charge in [-0.25, -0.2) is 0 Å². The molecule has 5 nitrogen and oxygen atoms in total. The lowest BCUT2D eigenvalue weighted by atomic mass is 9.94. The summed E-state index contributed by atoms with van der Waals surface area (Å²) in [7, 11) is -3.42. The van der Waals surface area contributed by atoms with Gasteiger partial charge >= 0.3 is 7.60 Å². The van der Waals surface area contributed by atoms with E-state index in [0.717, 1.165) is 5.56 Å². The Morgan fingerprint density at radius 3 is 1.85 bits per heavy atom. The molecule has 26 heavy (non-hydrogen) atoms. The first-order valence-corrected chi connectivity index (χ1v) is 10.9. The van der Waals surface area contributed by atoms with Gasteiger partial charge in [0.1, 0.15) is 5.78 Å². The molecular formula is C20H36NO4P. The zero-order chi connectivity index (χ0) is 20.0. The van der Waals surface area contributed by atoms with Gasteiger partial charge in [-0.1, -0.05) is 51.1 Å². The highest BCUT2D eigenvalue weighted by atomic mass is 31.2. The molecule has 1 aromatic carbocycles. The maximum atomic E-state index is 13.7. The minimum absolute atomic E-state index is 0.320. The lowest BCUT2D eigenvalue weighted by Gasteiger charge is -2.47. The number of nitrogens with zero attached hydrogens (tertiary/aromatic N) is 1. The summed E-state index contributed by atoms with van der Waals surface area (Å²) in [6.45, 7) is 16.9. The molecular weight excluding hydrogens is 349 g/mol. The van der Waals surface area contributed by atoms with Crippen molar-refractivity contribution in [2.45, 2.75) is 73.3 Å². The summed E-state index contributed by atoms with van der Waals surface area (Å²) < 4.78 is 25.1. The first-order valence-electron chi connectivity index (χ1n) is 9.30. The van der Waals surface area contributed by atoms with E-state index in [4.69, 9.17) is 13.9 Å². The molecule has 0 aliphatic carbocycles. The molecule has 0 aliphatic heterocycles. The van der Waals surface area contributed by atoms with Crippen LogP contribution in [0.15, 0.2) is 30.3 Å². The van der Waals surface area contributed by atoms with Crippen LogP contribution in [0, 0.1) is 5.41 Å². The average Bonchev–Trinajstić information content (AvgIpc) is 2.50. The highest BCUT2D eigenvalue weighted by Gasteiger charge is 2.51. The third-order valence-corrected chi connectivity index (χ3v) is 6.61. The standard InChI is InChI=1S/C20H36NO4P/c1-9-24-26(22,25-10-2)18(19(3,4)5)21(20(6,7)8)23-16-17-14-12-11-13-15-17/h11-15,18H,9-10,16H2,1-8H3. The molecule has 1 aromatic rings. The van der Waals surface area contributed by atoms with E-state index < -0.39 is 18.9 Å². The van der Waals surface area contributed by atoms with Crippen LogP contribution in [0.25, 0.3) is 0 Å². The second-order valence-electron chi connectivity index (χ2n) is 8.37. The first kappa shape index (κ1) is 23.3. The van der Waals surface area contributed by atoms with E-state index in [9.17, 15) is 4.57 Å². The summed E-state index contributed by atoms with van der Waals surface area (Å²) in [6.07, 6.45) is 0. The van der Waals surface area contributed by atoms with Gasteiger partial charge in [0, 0.05) is 5.54 Å². The van der Waals surface area contributed by atoms with Crippen LogP contribution in [-0.2, 0) is 25.1 Å². The summed E-state index contributed by atoms with van der Waals surface area (Å²) in [5.74, 6) is -0.543. The van der Waals surface area contributed by atoms with E-state index >= 15 is 0 Å². The Labute approximate surface area is 159 Å². The van der Waals surface area contributed by atoms with Crippen molar-refractivity contribution in [1.29, 1.82) is 0 Å². The molecule has 0 N–H and O–H groups in total. The van der Waals surface area contributed by atoms with Crippen LogP contribution >= 0.6 is 7.60 Å². The van der Waals surface area contributed by atoms with Crippen molar-refractivity contribution in [2.75, 3.05) is 13.2 Å². The van der Waals surface area contributed by atoms with Crippen LogP contribution in [0.4, 0.5) is 0 Å². The fourth-order valence-electron chi connectivity index (χ4n) is 2.84. The lowest BCUT2D eigenvalue weighted by Crippen LogP contribution is -2.53. The maximum Gasteiger partial charge on any atom is 0.350 e. The molecule has 6 heteroatoms. The van der Waals surface area contributed by atoms with Gasteiger partial charge in [-0.2, -0.15) is 5.06 Å². The summed E-state index contributed by atoms with van der Waals surface area (Å²) in [6, 6.07) is 9.95. The van der Waals surface area contributed by atoms with E-state index in [2.05, 4.69) is 0 Å². The zero-order valence-corrected chi connectivity index (χ0v) is 18.5. The van der Waals surface area contributed by atoms with Crippen LogP contribution in [0.2, 0.25) is 0 Å². The van der Waals surface area contributed by atoms with Gasteiger partial charge in [-0.15, -0.1) is 0 Å². The second-order valence-corrected chi connectivity index (χ2v) is 10.5. The Morgan fingerprint density at radius 2 is 1.46 bits per heavy atom. The molecule has 0 aromatic heterocycles. The summed E-state index contributed by atoms with van der Waals surface area (Å²) in [5.41, 5.74) is 0.275. The molecule has 0 amide bonds. The van der Waals surface area contributed by atoms with Crippen molar-refractivity contribution in [1.82, 2.24) is 5.06 Å². The van der Waals surface area contributed by atoms with E-state index in [-0.39, 0.29) is 5.41 Å². The fourth-order valence-corrected chi connectivity index (χ4v) is 5.54. The minimum Gasteiger partial charge on any atom is -0.308 e. The molecule has 0 saturated carbocycles. The van der Waals surface area contributed by atoms with E-state index in [1.807, 2.05) is 90.8 Å². The molecule has 150 valence electrons. The fraction of sp³-hybridized carbons (Fsp3) is 0.700. The van der Waals surface area contributed by atoms with Crippen molar-refractivity contribution in [3.63, 3.8) is 0 Å². The Morgan fingerprint density at radius 1 is 0.962 bits per heavy atom. The van der Waals surface area contributed by atoms with Crippen LogP contribution < -0.4 is 0 Å². The number of hydrogen-bond donors (Lipinski definition) is 0. The quantitative estimate of drug-likeness (QED) is 0.394. The normalized spacial score (nSPS) is 14.7. The van der Waals surface area contributed by atoms with Gasteiger partial charge in [0.2, 0.25) is 0 Å². The predicted molar refractivity (Wildman–Crippen MR) is 107 cm³/mol. The Kier molecular flexibility index (Phi) is 8.50. The van der Waals surface area contributed by atoms with Crippen molar-refractivity contribution in [3.8, 4) is 0 Å². The van der Waals surface area contributed by atoms with Gasteiger partial charge in [0.15, 0.2) is 0 Å². The third kappa shape index (κ3) is 6.47. The maximum absolute atomic E-state index is 13.7. The van der Waals surface area contributed by atoms with Crippen molar-refractivity contribution < 1.29 is 18.5 Å². The van der Waals surface area contributed by atoms with Gasteiger partial charge in [0.25, 0.3) is 0 Å². The number of hydrogen-bond acceptors (Lipinski definition) is 5. The van der Waals surface area contributed by atoms with Gasteiger partial charge in [0.05, 0.1) is 19.8 Å². The monoisotopic (exact) mass is 385 g/mol. The molecule has 1 rings (SSSR count). The van der Waals surface area contributed by atoms with Gasteiger partial charge < -0.3 is 9.05 Å². The SMILES string of the molecule is CCOP(=O)(OCC)C(N(OCc1ccccc1)C(C)(C)C)C(C)(C)C. The smallest absolute Gasteiger partial charge is 0.308 e. The van der Waals surface area contributed by atoms with E-state index in [1.54, 1.807) is 0 Å². The molecule has 0 heterocycles. The molecule has 0 fully saturated rings. The van der Waals surface area contributed by atoms with Crippen molar-refractivity contribution >= 4 is 7.60 Å². The highest BCUT2D eigenvalue weighted by Crippen LogP contribution is 2.60. The molecule has 0 radical (unpaired) electrons. The van der Waals surface area contributed by atoms with Crippen LogP contribution in [0.3, 0.4) is 0 Å². The topological polar surface area (TPSA) is 48.0 Å². The summed E-state index contributed by atoms with van der Waals surface area (Å²) >= 11 is 0. The van der Waals surface area contributed by atoms with Gasteiger partial charge in [-0.05, 0) is 45.6 Å². The Bertz CT molecular complexity index is 568. The van der Waals surface area contributed by atoms with E-state index in [0.29, 0.717) is 19.8 Å². The first-order chi connectivity index (χ1) is 12.0. The molecule has 0 saturated heterocycles. The summed E-state index contributed by atoms with van der Waals surface area (Å²) in [4.78, 5) is 6.22. The third-order valence-electron chi connectivity index (χ3n) is 3.79. The molecule has 0 bridgehead atoms. The second kappa shape index (κ2) is 9.48. The van der Waals surface area contributed by atoms with Crippen LogP contribution in [-0.4, -0.2) is 29.6 Å².